The van der Waals surface area contributed by atoms with Crippen LogP contribution in [0.2, 0.25) is 0 Å². The van der Waals surface area contributed by atoms with E-state index in [1.54, 1.807) is 6.92 Å². The van der Waals surface area contributed by atoms with Crippen LogP contribution in [0.5, 0.6) is 0 Å². The Bertz CT molecular complexity index is 427. The van der Waals surface area contributed by atoms with E-state index >= 15 is 0 Å². The fraction of sp³-hybridized carbons (Fsp3) is 0.727. The third-order valence-corrected chi connectivity index (χ3v) is 3.33. The minimum Gasteiger partial charge on any atom is -0.846 e. The van der Waals surface area contributed by atoms with E-state index < -0.39 is 31.5 Å². The fourth-order valence-corrected chi connectivity index (χ4v) is 2.30. The molecule has 0 aromatic rings. The van der Waals surface area contributed by atoms with Crippen molar-refractivity contribution in [2.45, 2.75) is 40.0 Å². The van der Waals surface area contributed by atoms with Gasteiger partial charge in [0.15, 0.2) is 0 Å². The Morgan fingerprint density at radius 3 is 2.19 bits per heavy atom. The SMILES string of the molecule is CCCC(C)C1(CC)C(=O)N=C([O-])NC1=O.O=[P+](O)O.[Na+]. The Balaban J connectivity index is 0. The molecule has 0 aromatic carbocycles. The summed E-state index contributed by atoms with van der Waals surface area (Å²) in [5, 5.41) is 13.1. The van der Waals surface area contributed by atoms with Gasteiger partial charge in [-0.1, -0.05) is 27.2 Å². The Morgan fingerprint density at radius 1 is 1.38 bits per heavy atom. The van der Waals surface area contributed by atoms with Gasteiger partial charge < -0.3 is 10.4 Å². The maximum atomic E-state index is 11.9. The average Bonchev–Trinajstić information content (AvgIpc) is 2.28. The standard InChI is InChI=1S/C11H18N2O3.Na.HO3P/c1-4-6-7(3)11(5-2)8(14)12-10(16)13-9(11)15;;1-4(2)3/h7H,4-6H2,1-3H3,(H2,12,13,14,15,16);;(H-,1,2,3)/q;+1;. The van der Waals surface area contributed by atoms with Gasteiger partial charge in [0.2, 0.25) is 5.91 Å². The molecule has 0 fully saturated rings. The molecule has 3 N–H and O–H groups in total. The number of hydrogen-bond donors (Lipinski definition) is 3. The van der Waals surface area contributed by atoms with E-state index in [1.807, 2.05) is 13.8 Å². The van der Waals surface area contributed by atoms with Crippen molar-refractivity contribution in [2.75, 3.05) is 0 Å². The molecule has 1 heterocycles. The molecular weight excluding hydrogens is 310 g/mol. The van der Waals surface area contributed by atoms with Crippen LogP contribution in [0.25, 0.3) is 0 Å². The molecule has 21 heavy (non-hydrogen) atoms. The van der Waals surface area contributed by atoms with Gasteiger partial charge in [0, 0.05) is 4.57 Å². The minimum atomic E-state index is -2.87. The molecule has 0 saturated heterocycles. The molecule has 1 aliphatic rings. The summed E-state index contributed by atoms with van der Waals surface area (Å²) in [5.74, 6) is -1.20. The van der Waals surface area contributed by atoms with Crippen molar-refractivity contribution >= 4 is 26.1 Å². The number of nitrogens with zero attached hydrogens (tertiary/aromatic N) is 1. The number of amidine groups is 1. The Hall–Kier alpha value is -0.370. The first-order valence-electron chi connectivity index (χ1n) is 6.18. The van der Waals surface area contributed by atoms with Crippen LogP contribution >= 0.6 is 8.25 Å². The third kappa shape index (κ3) is 6.10. The van der Waals surface area contributed by atoms with E-state index in [4.69, 9.17) is 14.4 Å². The topological polar surface area (TPSA) is 139 Å². The Kier molecular flexibility index (Phi) is 11.3. The molecule has 2 unspecified atom stereocenters. The number of hydrogen-bond acceptors (Lipinski definition) is 4. The molecule has 2 amide bonds. The summed E-state index contributed by atoms with van der Waals surface area (Å²) in [7, 11) is -2.87. The van der Waals surface area contributed by atoms with Gasteiger partial charge in [0.1, 0.15) is 5.41 Å². The van der Waals surface area contributed by atoms with Crippen LogP contribution in [0.3, 0.4) is 0 Å². The van der Waals surface area contributed by atoms with Crippen molar-refractivity contribution < 1.29 is 58.6 Å². The van der Waals surface area contributed by atoms with E-state index in [1.165, 1.54) is 0 Å². The van der Waals surface area contributed by atoms with Crippen LogP contribution in [0, 0.1) is 11.3 Å². The van der Waals surface area contributed by atoms with Crippen molar-refractivity contribution in [1.29, 1.82) is 0 Å². The largest absolute Gasteiger partial charge is 1.00 e. The second kappa shape index (κ2) is 10.4. The van der Waals surface area contributed by atoms with Crippen molar-refractivity contribution in [3.63, 3.8) is 0 Å². The van der Waals surface area contributed by atoms with Crippen molar-refractivity contribution in [3.05, 3.63) is 0 Å². The van der Waals surface area contributed by atoms with Gasteiger partial charge in [0.05, 0.1) is 6.02 Å². The number of aliphatic imine (C=N–C) groups is 1. The molecule has 0 radical (unpaired) electrons. The first-order chi connectivity index (χ1) is 9.22. The molecule has 1 rings (SSSR count). The predicted octanol–water partition coefficient (Wildman–Crippen LogP) is -3.18. The molecule has 2 atom stereocenters. The zero-order valence-electron chi connectivity index (χ0n) is 12.6. The molecule has 0 spiro atoms. The van der Waals surface area contributed by atoms with Crippen LogP contribution in [-0.2, 0) is 14.2 Å². The molecular formula is C11H19N2NaO6P+. The monoisotopic (exact) mass is 329 g/mol. The molecule has 0 aliphatic carbocycles. The Labute approximate surface area is 146 Å². The van der Waals surface area contributed by atoms with Gasteiger partial charge in [-0.05, 0) is 18.8 Å². The van der Waals surface area contributed by atoms with Gasteiger partial charge in [-0.2, -0.15) is 0 Å². The summed E-state index contributed by atoms with van der Waals surface area (Å²) in [5.41, 5.74) is -1.15. The molecule has 10 heteroatoms. The molecule has 114 valence electrons. The second-order valence-electron chi connectivity index (χ2n) is 4.44. The quantitative estimate of drug-likeness (QED) is 0.282. The minimum absolute atomic E-state index is 0. The first-order valence-corrected chi connectivity index (χ1v) is 7.35. The smallest absolute Gasteiger partial charge is 0.846 e. The van der Waals surface area contributed by atoms with E-state index in [9.17, 15) is 14.7 Å². The average molecular weight is 329 g/mol. The van der Waals surface area contributed by atoms with Gasteiger partial charge in [0.25, 0.3) is 5.91 Å². The zero-order chi connectivity index (χ0) is 15.9. The van der Waals surface area contributed by atoms with E-state index in [2.05, 4.69) is 10.3 Å². The van der Waals surface area contributed by atoms with E-state index in [0.717, 1.165) is 12.8 Å². The van der Waals surface area contributed by atoms with E-state index in [0.29, 0.717) is 6.42 Å². The summed E-state index contributed by atoms with van der Waals surface area (Å²) >= 11 is 0. The van der Waals surface area contributed by atoms with Gasteiger partial charge >= 0.3 is 37.8 Å². The van der Waals surface area contributed by atoms with Gasteiger partial charge in [-0.3, -0.25) is 9.59 Å². The maximum absolute atomic E-state index is 11.9. The number of carbonyl (C=O) groups is 2. The molecule has 0 bridgehead atoms. The van der Waals surface area contributed by atoms with Crippen molar-refractivity contribution in [3.8, 4) is 0 Å². The molecule has 1 aliphatic heterocycles. The van der Waals surface area contributed by atoms with Crippen molar-refractivity contribution in [1.82, 2.24) is 5.32 Å². The molecule has 0 aromatic heterocycles. The van der Waals surface area contributed by atoms with Gasteiger partial charge in [-0.15, -0.1) is 9.79 Å². The third-order valence-electron chi connectivity index (χ3n) is 3.33. The zero-order valence-corrected chi connectivity index (χ0v) is 15.5. The van der Waals surface area contributed by atoms with Gasteiger partial charge in [-0.25, -0.2) is 4.99 Å². The summed E-state index contributed by atoms with van der Waals surface area (Å²) in [6, 6.07) is -0.845. The maximum Gasteiger partial charge on any atom is 1.00 e. The fourth-order valence-electron chi connectivity index (χ4n) is 2.30. The summed E-state index contributed by atoms with van der Waals surface area (Å²) in [6.45, 7) is 5.62. The van der Waals surface area contributed by atoms with Crippen LogP contribution in [0.4, 0.5) is 0 Å². The van der Waals surface area contributed by atoms with Crippen LogP contribution in [-0.4, -0.2) is 27.6 Å². The number of amides is 2. The molecule has 8 nitrogen and oxygen atoms in total. The predicted molar refractivity (Wildman–Crippen MR) is 69.4 cm³/mol. The Morgan fingerprint density at radius 2 is 1.86 bits per heavy atom. The van der Waals surface area contributed by atoms with Crippen LogP contribution in [0.1, 0.15) is 40.0 Å². The van der Waals surface area contributed by atoms with Crippen LogP contribution < -0.4 is 40.0 Å². The number of nitrogens with one attached hydrogen (secondary N) is 1. The number of carbonyl (C=O) groups excluding carboxylic acids is 2. The summed E-state index contributed by atoms with van der Waals surface area (Å²) in [6.07, 6.45) is 2.02. The number of rotatable bonds is 4. The summed E-state index contributed by atoms with van der Waals surface area (Å²) < 4.78 is 8.70. The second-order valence-corrected chi connectivity index (χ2v) is 4.95. The van der Waals surface area contributed by atoms with Crippen molar-refractivity contribution in [2.24, 2.45) is 16.3 Å². The van der Waals surface area contributed by atoms with Crippen LogP contribution in [0.15, 0.2) is 4.99 Å². The first kappa shape index (κ1) is 22.9. The molecule has 0 saturated carbocycles. The van der Waals surface area contributed by atoms with E-state index in [-0.39, 0.29) is 35.5 Å². The normalized spacial score (nSPS) is 22.0. The summed E-state index contributed by atoms with van der Waals surface area (Å²) in [4.78, 5) is 41.3.